The molecular weight excluding hydrogens is 1140 g/mol. The Hall–Kier alpha value is -7.53. The van der Waals surface area contributed by atoms with Crippen molar-refractivity contribution in [2.45, 2.75) is 201 Å². The van der Waals surface area contributed by atoms with Gasteiger partial charge in [0.05, 0.1) is 50.5 Å². The number of carbonyl (C=O) groups excluding carboxylic acids is 3. The Morgan fingerprint density at radius 1 is 0.618 bits per heavy atom. The van der Waals surface area contributed by atoms with Crippen molar-refractivity contribution in [3.05, 3.63) is 78.9 Å². The number of methoxy groups -OCH3 is 2. The summed E-state index contributed by atoms with van der Waals surface area (Å²) < 4.78 is 46.8. The zero-order chi connectivity index (χ0) is 62.0. The van der Waals surface area contributed by atoms with E-state index < -0.39 is 30.1 Å². The molecular formula is C68H90N8O13. The highest BCUT2D eigenvalue weighted by Crippen LogP contribution is 2.61. The van der Waals surface area contributed by atoms with Gasteiger partial charge < -0.3 is 59.2 Å². The van der Waals surface area contributed by atoms with Crippen LogP contribution in [0.2, 0.25) is 0 Å². The molecule has 2 fully saturated rings. The Labute approximate surface area is 523 Å². The third-order valence-corrected chi connectivity index (χ3v) is 19.7. The molecule has 480 valence electrons. The van der Waals surface area contributed by atoms with E-state index in [2.05, 4.69) is 56.1 Å². The monoisotopic (exact) mass is 1230 g/mol. The number of rotatable bonds is 15. The van der Waals surface area contributed by atoms with Crippen LogP contribution in [0.25, 0.3) is 0 Å². The van der Waals surface area contributed by atoms with Crippen LogP contribution in [0.1, 0.15) is 178 Å². The van der Waals surface area contributed by atoms with E-state index in [1.807, 2.05) is 41.8 Å². The van der Waals surface area contributed by atoms with E-state index in [9.17, 15) is 35.1 Å². The Morgan fingerprint density at radius 2 is 1.03 bits per heavy atom. The van der Waals surface area contributed by atoms with Gasteiger partial charge in [0.25, 0.3) is 0 Å². The number of nitriles is 2. The first-order valence-electron chi connectivity index (χ1n) is 30.7. The second kappa shape index (κ2) is 26.5. The number of nitrogens with one attached hydrogen (secondary N) is 1. The summed E-state index contributed by atoms with van der Waals surface area (Å²) >= 11 is 0. The Bertz CT molecular complexity index is 3500. The average Bonchev–Trinajstić information content (AvgIpc) is 1.29. The Kier molecular flexibility index (Phi) is 19.6. The average molecular weight is 1230 g/mol. The summed E-state index contributed by atoms with van der Waals surface area (Å²) in [5.74, 6) is 3.30. The quantitative estimate of drug-likeness (QED) is 0.0490. The molecule has 89 heavy (non-hydrogen) atoms. The van der Waals surface area contributed by atoms with Crippen molar-refractivity contribution in [2.24, 2.45) is 5.73 Å². The van der Waals surface area contributed by atoms with E-state index in [1.165, 1.54) is 39.5 Å². The number of fused-ring (bicyclic) bond motifs is 18. The number of piperazine rings is 2. The number of aromatic hydroxyl groups is 2. The first-order valence-corrected chi connectivity index (χ1v) is 30.7. The highest BCUT2D eigenvalue weighted by Gasteiger charge is 2.59. The lowest BCUT2D eigenvalue weighted by Crippen LogP contribution is -2.68. The Balaban J connectivity index is 0.000000213. The molecule has 12 rings (SSSR count). The topological polar surface area (TPSA) is 264 Å². The molecule has 0 aromatic heterocycles. The highest BCUT2D eigenvalue weighted by molar-refractivity contribution is 5.77. The SMILES string of the molecule is C.C.CCCCCCCCCC(=O)NC[C@H]1c2c(c(OC(C)=O)c(C)c3c2OCO3)CC2[C@H]3c4c(cc(C)c(OC)c4O)C[C@@H]([C@H](C#N)N21)N3C.COc1c(C)cc2c(c1O)[C@@H]1C3Cc4c(OC(C)=O)c(C)c5c(c4[C@H](CN)N3[C@@H](C#N)[C@H](C2)N1C)OCO5. The van der Waals surface area contributed by atoms with E-state index >= 15 is 0 Å². The summed E-state index contributed by atoms with van der Waals surface area (Å²) in [6.45, 7) is 13.0. The number of likely N-dealkylation sites (N-methyl/N-ethyl adjacent to an activating group) is 2. The second-order valence-electron chi connectivity index (χ2n) is 24.6. The third-order valence-electron chi connectivity index (χ3n) is 19.7. The van der Waals surface area contributed by atoms with Crippen molar-refractivity contribution >= 4 is 17.8 Å². The second-order valence-corrected chi connectivity index (χ2v) is 24.6. The molecule has 0 aliphatic carbocycles. The number of benzene rings is 4. The van der Waals surface area contributed by atoms with Crippen molar-refractivity contribution in [3.8, 4) is 69.6 Å². The lowest BCUT2D eigenvalue weighted by Gasteiger charge is -2.60. The lowest BCUT2D eigenvalue weighted by molar-refractivity contribution is -0.133. The fourth-order valence-electron chi connectivity index (χ4n) is 16.2. The maximum absolute atomic E-state index is 13.3. The van der Waals surface area contributed by atoms with Crippen LogP contribution in [-0.4, -0.2) is 139 Å². The number of hydrogen-bond donors (Lipinski definition) is 4. The summed E-state index contributed by atoms with van der Waals surface area (Å²) in [6.07, 6.45) is 10.3. The molecule has 8 aliphatic heterocycles. The molecule has 4 aromatic rings. The van der Waals surface area contributed by atoms with Crippen molar-refractivity contribution in [2.75, 3.05) is 55.0 Å². The van der Waals surface area contributed by atoms with E-state index in [-0.39, 0.29) is 101 Å². The molecule has 10 atom stereocenters. The van der Waals surface area contributed by atoms with E-state index in [4.69, 9.17) is 43.6 Å². The third kappa shape index (κ3) is 11.0. The van der Waals surface area contributed by atoms with Crippen LogP contribution < -0.4 is 48.9 Å². The fraction of sp³-hybridized carbons (Fsp3) is 0.574. The molecule has 0 radical (unpaired) electrons. The van der Waals surface area contributed by atoms with Gasteiger partial charge in [0.15, 0.2) is 46.0 Å². The minimum atomic E-state index is -0.543. The maximum Gasteiger partial charge on any atom is 0.308 e. The van der Waals surface area contributed by atoms with Crippen molar-refractivity contribution in [1.29, 1.82) is 10.5 Å². The summed E-state index contributed by atoms with van der Waals surface area (Å²) in [5, 5.41) is 47.8. The zero-order valence-electron chi connectivity index (χ0n) is 51.9. The molecule has 2 unspecified atom stereocenters. The number of carbonyl (C=O) groups is 3. The van der Waals surface area contributed by atoms with Crippen LogP contribution in [0.4, 0.5) is 0 Å². The van der Waals surface area contributed by atoms with E-state index in [0.717, 1.165) is 74.9 Å². The predicted molar refractivity (Wildman–Crippen MR) is 333 cm³/mol. The summed E-state index contributed by atoms with van der Waals surface area (Å²) in [6, 6.07) is 6.05. The Morgan fingerprint density at radius 3 is 1.45 bits per heavy atom. The molecule has 4 aromatic carbocycles. The van der Waals surface area contributed by atoms with Crippen LogP contribution in [-0.2, 0) is 40.1 Å². The van der Waals surface area contributed by atoms with Crippen molar-refractivity contribution < 1.29 is 62.5 Å². The molecule has 0 spiro atoms. The number of aryl methyl sites for hydroxylation is 2. The summed E-state index contributed by atoms with van der Waals surface area (Å²) in [4.78, 5) is 46.8. The molecule has 21 heteroatoms. The largest absolute Gasteiger partial charge is 0.504 e. The molecule has 4 bridgehead atoms. The normalized spacial score (nSPS) is 24.6. The minimum Gasteiger partial charge on any atom is -0.504 e. The van der Waals surface area contributed by atoms with Gasteiger partial charge in [0.2, 0.25) is 19.5 Å². The van der Waals surface area contributed by atoms with Gasteiger partial charge in [-0.15, -0.1) is 0 Å². The molecule has 2 saturated heterocycles. The molecule has 8 heterocycles. The van der Waals surface area contributed by atoms with Crippen LogP contribution in [0.3, 0.4) is 0 Å². The number of nitrogens with zero attached hydrogens (tertiary/aromatic N) is 6. The van der Waals surface area contributed by atoms with Gasteiger partial charge in [-0.05, 0) is 96.1 Å². The molecule has 1 amide bonds. The standard InChI is InChI=1S/C38H50N4O7.C28H32N4O6.2CH4/c1-7-8-9-10-11-12-13-14-30(44)40-19-29-32-25(36(49-23(4)43)22(3)37-38(32)48-20-47-37)17-27-33-31-24(15-21(2)35(46-6)34(31)45)16-26(41(33)5)28(18-39)42(27)29;1-12-6-15-7-17-19(9-29)32-18(23(31(17)4)21(15)24(34)25(12)35-5)8-16-22(20(32)10-30)28-27(36-11-37-28)13(2)26(16)38-14(3)33;;/h15,26-29,33,45H,7-14,16-17,19-20H2,1-6H3,(H,40,44);6,17-20,23,34H,7-8,10-11,30H2,1-5H3;2*1H4/t26-,27?,28-,29-,33-;17-,18?,19-,20-,23-;;/m00../s1. The number of phenols is 2. The highest BCUT2D eigenvalue weighted by atomic mass is 16.7. The van der Waals surface area contributed by atoms with Crippen molar-refractivity contribution in [3.63, 3.8) is 0 Å². The number of unbranched alkanes of at least 4 members (excludes halogenated alkanes) is 6. The molecule has 21 nitrogen and oxygen atoms in total. The van der Waals surface area contributed by atoms with Gasteiger partial charge in [-0.1, -0.05) is 72.4 Å². The smallest absolute Gasteiger partial charge is 0.308 e. The summed E-state index contributed by atoms with van der Waals surface area (Å²) in [7, 11) is 7.14. The number of phenolic OH excluding ortho intramolecular Hbond substituents is 2. The van der Waals surface area contributed by atoms with Gasteiger partial charge in [-0.25, -0.2) is 0 Å². The fourth-order valence-corrected chi connectivity index (χ4v) is 16.2. The number of ether oxygens (including phenoxy) is 8. The van der Waals surface area contributed by atoms with Crippen molar-refractivity contribution in [1.82, 2.24) is 24.9 Å². The molecule has 5 N–H and O–H groups in total. The summed E-state index contributed by atoms with van der Waals surface area (Å²) in [5.41, 5.74) is 16.3. The van der Waals surface area contributed by atoms with Crippen LogP contribution in [0.15, 0.2) is 12.1 Å². The first kappa shape index (κ1) is 65.9. The first-order chi connectivity index (χ1) is 41.8. The predicted octanol–water partition coefficient (Wildman–Crippen LogP) is 9.37. The lowest BCUT2D eigenvalue weighted by atomic mass is 9.71. The van der Waals surface area contributed by atoms with Crippen LogP contribution in [0.5, 0.6) is 57.5 Å². The van der Waals surface area contributed by atoms with Crippen LogP contribution in [0, 0.1) is 50.4 Å². The van der Waals surface area contributed by atoms with Gasteiger partial charge in [-0.3, -0.25) is 34.0 Å². The van der Waals surface area contributed by atoms with Gasteiger partial charge >= 0.3 is 11.9 Å². The number of nitrogens with two attached hydrogens (primary N) is 1. The van der Waals surface area contributed by atoms with Crippen LogP contribution >= 0.6 is 0 Å². The minimum absolute atomic E-state index is 0. The zero-order valence-corrected chi connectivity index (χ0v) is 51.9. The van der Waals surface area contributed by atoms with E-state index in [0.29, 0.717) is 89.2 Å². The maximum atomic E-state index is 13.3. The number of esters is 2. The molecule has 8 aliphatic rings. The number of hydrogen-bond acceptors (Lipinski definition) is 20. The van der Waals surface area contributed by atoms with E-state index in [1.54, 1.807) is 14.2 Å². The van der Waals surface area contributed by atoms with Gasteiger partial charge in [-0.2, -0.15) is 10.5 Å². The number of amides is 1. The molecule has 0 saturated carbocycles. The van der Waals surface area contributed by atoms with Gasteiger partial charge in [0, 0.05) is 102 Å². The van der Waals surface area contributed by atoms with Gasteiger partial charge in [0.1, 0.15) is 23.6 Å².